The number of ether oxygens (including phenoxy) is 1. The number of hydrogen-bond acceptors (Lipinski definition) is 5. The van der Waals surface area contributed by atoms with Crippen molar-refractivity contribution in [2.45, 2.75) is 19.1 Å². The van der Waals surface area contributed by atoms with Gasteiger partial charge in [0.05, 0.1) is 24.9 Å². The quantitative estimate of drug-likeness (QED) is 0.656. The highest BCUT2D eigenvalue weighted by molar-refractivity contribution is 5.75. The van der Waals surface area contributed by atoms with Gasteiger partial charge in [0.1, 0.15) is 17.5 Å². The summed E-state index contributed by atoms with van der Waals surface area (Å²) in [6, 6.07) is 5.50. The smallest absolute Gasteiger partial charge is 0.145 e. The molecule has 0 amide bonds. The predicted molar refractivity (Wildman–Crippen MR) is 66.3 cm³/mol. The molecule has 1 heterocycles. The Labute approximate surface area is 100 Å². The highest BCUT2D eigenvalue weighted by Crippen LogP contribution is 2.38. The van der Waals surface area contributed by atoms with E-state index >= 15 is 0 Å². The van der Waals surface area contributed by atoms with Gasteiger partial charge in [-0.2, -0.15) is 0 Å². The third-order valence-corrected chi connectivity index (χ3v) is 2.79. The molecule has 1 aromatic rings. The maximum absolute atomic E-state index is 9.54. The third kappa shape index (κ3) is 2.45. The molecule has 2 unspecified atom stereocenters. The van der Waals surface area contributed by atoms with Gasteiger partial charge in [-0.15, -0.1) is 0 Å². The first-order valence-corrected chi connectivity index (χ1v) is 5.71. The Morgan fingerprint density at radius 2 is 2.35 bits per heavy atom. The number of fused-ring (bicyclic) bond motifs is 1. The van der Waals surface area contributed by atoms with Crippen molar-refractivity contribution >= 4 is 11.4 Å². The van der Waals surface area contributed by atoms with E-state index in [1.54, 1.807) is 6.07 Å². The van der Waals surface area contributed by atoms with E-state index in [0.717, 1.165) is 11.4 Å². The van der Waals surface area contributed by atoms with E-state index in [4.69, 9.17) is 15.6 Å². The average molecular weight is 238 g/mol. The SMILES string of the molecule is CC1CN(CC(O)CO)c2c(N)cccc2O1. The summed E-state index contributed by atoms with van der Waals surface area (Å²) < 4.78 is 5.69. The summed E-state index contributed by atoms with van der Waals surface area (Å²) in [6.07, 6.45) is -0.733. The van der Waals surface area contributed by atoms with Crippen LogP contribution in [0.4, 0.5) is 11.4 Å². The molecule has 5 heteroatoms. The van der Waals surface area contributed by atoms with Crippen LogP contribution in [0.5, 0.6) is 5.75 Å². The summed E-state index contributed by atoms with van der Waals surface area (Å²) in [6.45, 7) is 2.71. The minimum Gasteiger partial charge on any atom is -0.487 e. The number of rotatable bonds is 3. The molecule has 17 heavy (non-hydrogen) atoms. The lowest BCUT2D eigenvalue weighted by atomic mass is 10.1. The molecular formula is C12H18N2O3. The lowest BCUT2D eigenvalue weighted by molar-refractivity contribution is 0.0962. The van der Waals surface area contributed by atoms with E-state index in [9.17, 15) is 5.11 Å². The topological polar surface area (TPSA) is 79.0 Å². The van der Waals surface area contributed by atoms with Gasteiger partial charge in [0.25, 0.3) is 0 Å². The lowest BCUT2D eigenvalue weighted by Gasteiger charge is -2.36. The highest BCUT2D eigenvalue weighted by Gasteiger charge is 2.26. The molecule has 0 bridgehead atoms. The number of para-hydroxylation sites is 1. The molecule has 0 aromatic heterocycles. The minimum absolute atomic E-state index is 0.0372. The van der Waals surface area contributed by atoms with Crippen molar-refractivity contribution in [1.29, 1.82) is 0 Å². The monoisotopic (exact) mass is 238 g/mol. The minimum atomic E-state index is -0.771. The van der Waals surface area contributed by atoms with Gasteiger partial charge < -0.3 is 25.6 Å². The molecule has 2 atom stereocenters. The fourth-order valence-corrected chi connectivity index (χ4v) is 2.11. The van der Waals surface area contributed by atoms with Crippen LogP contribution < -0.4 is 15.4 Å². The Morgan fingerprint density at radius 1 is 1.59 bits per heavy atom. The molecule has 0 aliphatic carbocycles. The zero-order chi connectivity index (χ0) is 12.4. The summed E-state index contributed by atoms with van der Waals surface area (Å²) in [5.41, 5.74) is 7.36. The number of nitrogens with zero attached hydrogens (tertiary/aromatic N) is 1. The molecule has 2 rings (SSSR count). The number of β-amino-alcohol motifs (C(OH)–C–C–N with tert-alkyl or cyclic N) is 1. The first-order chi connectivity index (χ1) is 8.11. The van der Waals surface area contributed by atoms with Crippen molar-refractivity contribution < 1.29 is 14.9 Å². The molecule has 0 saturated heterocycles. The second-order valence-corrected chi connectivity index (χ2v) is 4.36. The van der Waals surface area contributed by atoms with Crippen LogP contribution in [0.3, 0.4) is 0 Å². The highest BCUT2D eigenvalue weighted by atomic mass is 16.5. The van der Waals surface area contributed by atoms with Gasteiger partial charge in [0.15, 0.2) is 0 Å². The van der Waals surface area contributed by atoms with Crippen LogP contribution in [-0.4, -0.2) is 42.1 Å². The first-order valence-electron chi connectivity index (χ1n) is 5.71. The second-order valence-electron chi connectivity index (χ2n) is 4.36. The number of hydrogen-bond donors (Lipinski definition) is 3. The Hall–Kier alpha value is -1.46. The van der Waals surface area contributed by atoms with Crippen molar-refractivity contribution in [1.82, 2.24) is 0 Å². The number of anilines is 2. The largest absolute Gasteiger partial charge is 0.487 e. The molecular weight excluding hydrogens is 220 g/mol. The van der Waals surface area contributed by atoms with Gasteiger partial charge in [-0.3, -0.25) is 0 Å². The Balaban J connectivity index is 2.29. The van der Waals surface area contributed by atoms with Crippen molar-refractivity contribution in [3.05, 3.63) is 18.2 Å². The second kappa shape index (κ2) is 4.81. The average Bonchev–Trinajstić information content (AvgIpc) is 2.28. The predicted octanol–water partition coefficient (Wildman–Crippen LogP) is 0.209. The third-order valence-electron chi connectivity index (χ3n) is 2.79. The van der Waals surface area contributed by atoms with Crippen molar-refractivity contribution in [3.63, 3.8) is 0 Å². The van der Waals surface area contributed by atoms with Crippen molar-refractivity contribution in [2.75, 3.05) is 30.3 Å². The molecule has 1 aliphatic heterocycles. The van der Waals surface area contributed by atoms with Crippen LogP contribution in [-0.2, 0) is 0 Å². The number of aliphatic hydroxyl groups is 2. The van der Waals surface area contributed by atoms with Crippen molar-refractivity contribution in [3.8, 4) is 5.75 Å². The van der Waals surface area contributed by atoms with E-state index in [2.05, 4.69) is 0 Å². The van der Waals surface area contributed by atoms with Gasteiger partial charge in [-0.25, -0.2) is 0 Å². The summed E-state index contributed by atoms with van der Waals surface area (Å²) in [5, 5.41) is 18.4. The number of nitrogen functional groups attached to an aromatic ring is 1. The van der Waals surface area contributed by atoms with E-state index < -0.39 is 6.10 Å². The molecule has 0 fully saturated rings. The zero-order valence-electron chi connectivity index (χ0n) is 9.84. The Kier molecular flexibility index (Phi) is 3.40. The fraction of sp³-hybridized carbons (Fsp3) is 0.500. The lowest BCUT2D eigenvalue weighted by Crippen LogP contribution is -2.43. The number of aliphatic hydroxyl groups excluding tert-OH is 2. The van der Waals surface area contributed by atoms with Gasteiger partial charge >= 0.3 is 0 Å². The maximum Gasteiger partial charge on any atom is 0.145 e. The standard InChI is InChI=1S/C12H18N2O3/c1-8-5-14(6-9(16)7-15)12-10(13)3-2-4-11(12)17-8/h2-4,8-9,15-16H,5-7,13H2,1H3. The molecule has 1 aliphatic rings. The zero-order valence-corrected chi connectivity index (χ0v) is 9.84. The van der Waals surface area contributed by atoms with E-state index in [-0.39, 0.29) is 12.7 Å². The van der Waals surface area contributed by atoms with E-state index in [1.165, 1.54) is 0 Å². The Morgan fingerprint density at radius 3 is 3.06 bits per heavy atom. The normalized spacial score (nSPS) is 20.6. The van der Waals surface area contributed by atoms with Crippen LogP contribution in [0, 0.1) is 0 Å². The summed E-state index contributed by atoms with van der Waals surface area (Å²) >= 11 is 0. The molecule has 0 saturated carbocycles. The van der Waals surface area contributed by atoms with Crippen LogP contribution in [0.1, 0.15) is 6.92 Å². The maximum atomic E-state index is 9.54. The summed E-state index contributed by atoms with van der Waals surface area (Å²) in [7, 11) is 0. The van der Waals surface area contributed by atoms with Crippen molar-refractivity contribution in [2.24, 2.45) is 0 Å². The number of benzene rings is 1. The molecule has 0 spiro atoms. The molecule has 94 valence electrons. The molecule has 1 aromatic carbocycles. The van der Waals surface area contributed by atoms with Crippen LogP contribution in [0.15, 0.2) is 18.2 Å². The van der Waals surface area contributed by atoms with Gasteiger partial charge in [0, 0.05) is 6.54 Å². The summed E-state index contributed by atoms with van der Waals surface area (Å²) in [5.74, 6) is 0.730. The van der Waals surface area contributed by atoms with Gasteiger partial charge in [-0.05, 0) is 19.1 Å². The van der Waals surface area contributed by atoms with Gasteiger partial charge in [0.2, 0.25) is 0 Å². The molecule has 0 radical (unpaired) electrons. The van der Waals surface area contributed by atoms with Gasteiger partial charge in [-0.1, -0.05) is 6.07 Å². The van der Waals surface area contributed by atoms with Crippen LogP contribution >= 0.6 is 0 Å². The first kappa shape index (κ1) is 12.0. The van der Waals surface area contributed by atoms with E-state index in [1.807, 2.05) is 24.0 Å². The van der Waals surface area contributed by atoms with Crippen LogP contribution in [0.25, 0.3) is 0 Å². The van der Waals surface area contributed by atoms with E-state index in [0.29, 0.717) is 18.8 Å². The molecule has 4 N–H and O–H groups in total. The van der Waals surface area contributed by atoms with Crippen LogP contribution in [0.2, 0.25) is 0 Å². The summed E-state index contributed by atoms with van der Waals surface area (Å²) in [4.78, 5) is 1.96. The number of nitrogens with two attached hydrogens (primary N) is 1. The molecule has 5 nitrogen and oxygen atoms in total. The Bertz CT molecular complexity index is 397. The fourth-order valence-electron chi connectivity index (χ4n) is 2.11.